The minimum Gasteiger partial charge on any atom is -0.370 e. The van der Waals surface area contributed by atoms with Gasteiger partial charge in [0, 0.05) is 24.0 Å². The van der Waals surface area contributed by atoms with E-state index in [1.807, 2.05) is 0 Å². The van der Waals surface area contributed by atoms with Crippen molar-refractivity contribution in [1.29, 1.82) is 0 Å². The van der Waals surface area contributed by atoms with Crippen LogP contribution in [0, 0.1) is 0 Å². The van der Waals surface area contributed by atoms with Crippen LogP contribution in [0.1, 0.15) is 37.1 Å². The van der Waals surface area contributed by atoms with E-state index < -0.39 is 0 Å². The molecule has 2 aromatic rings. The Morgan fingerprint density at radius 3 is 2.76 bits per heavy atom. The molecular weight excluding hydrogens is 280 g/mol. The van der Waals surface area contributed by atoms with E-state index in [-0.39, 0.29) is 0 Å². The van der Waals surface area contributed by atoms with Crippen LogP contribution < -0.4 is 10.2 Å². The van der Waals surface area contributed by atoms with Crippen molar-refractivity contribution in [1.82, 2.24) is 9.97 Å². The summed E-state index contributed by atoms with van der Waals surface area (Å²) in [4.78, 5) is 12.5. The lowest BCUT2D eigenvalue weighted by atomic mass is 10.1. The molecular formula is C16H24N4S. The Morgan fingerprint density at radius 1 is 1.24 bits per heavy atom. The standard InChI is InChI=1S/C16H24N4S/c1-4-7-14-15(17-9-5-2)18-12-19-16(14)20(3)11-13-8-6-10-21-13/h6,8,10,12H,4-5,7,9,11H2,1-3H3,(H,17,18,19). The highest BCUT2D eigenvalue weighted by Gasteiger charge is 2.14. The molecule has 0 bridgehead atoms. The summed E-state index contributed by atoms with van der Waals surface area (Å²) in [5, 5.41) is 5.54. The van der Waals surface area contributed by atoms with Gasteiger partial charge in [0.05, 0.1) is 6.54 Å². The van der Waals surface area contributed by atoms with Gasteiger partial charge in [-0.05, 0) is 24.3 Å². The molecule has 5 heteroatoms. The van der Waals surface area contributed by atoms with Crippen molar-refractivity contribution in [3.8, 4) is 0 Å². The largest absolute Gasteiger partial charge is 0.370 e. The Labute approximate surface area is 131 Å². The van der Waals surface area contributed by atoms with Crippen molar-refractivity contribution < 1.29 is 0 Å². The average molecular weight is 304 g/mol. The molecule has 4 nitrogen and oxygen atoms in total. The van der Waals surface area contributed by atoms with E-state index in [2.05, 4.69) is 58.6 Å². The van der Waals surface area contributed by atoms with Crippen molar-refractivity contribution in [3.63, 3.8) is 0 Å². The molecule has 0 atom stereocenters. The highest BCUT2D eigenvalue weighted by atomic mass is 32.1. The van der Waals surface area contributed by atoms with Crippen molar-refractivity contribution in [2.24, 2.45) is 0 Å². The maximum atomic E-state index is 4.53. The number of hydrogen-bond donors (Lipinski definition) is 1. The van der Waals surface area contributed by atoms with Crippen LogP contribution in [-0.2, 0) is 13.0 Å². The molecule has 0 saturated carbocycles. The number of nitrogens with zero attached hydrogens (tertiary/aromatic N) is 3. The number of rotatable bonds is 8. The van der Waals surface area contributed by atoms with Crippen molar-refractivity contribution in [2.75, 3.05) is 23.8 Å². The van der Waals surface area contributed by atoms with Gasteiger partial charge < -0.3 is 10.2 Å². The van der Waals surface area contributed by atoms with Gasteiger partial charge in [-0.25, -0.2) is 9.97 Å². The van der Waals surface area contributed by atoms with E-state index in [1.165, 1.54) is 10.4 Å². The van der Waals surface area contributed by atoms with Gasteiger partial charge in [-0.15, -0.1) is 11.3 Å². The Hall–Kier alpha value is -1.62. The molecule has 2 rings (SSSR count). The SMILES string of the molecule is CCCNc1ncnc(N(C)Cc2cccs2)c1CCC. The van der Waals surface area contributed by atoms with Crippen LogP contribution in [0.3, 0.4) is 0 Å². The van der Waals surface area contributed by atoms with Crippen molar-refractivity contribution >= 4 is 23.0 Å². The van der Waals surface area contributed by atoms with Gasteiger partial charge in [0.1, 0.15) is 18.0 Å². The Morgan fingerprint density at radius 2 is 2.10 bits per heavy atom. The lowest BCUT2D eigenvalue weighted by Gasteiger charge is -2.22. The lowest BCUT2D eigenvalue weighted by molar-refractivity contribution is 0.844. The normalized spacial score (nSPS) is 10.6. The number of thiophene rings is 1. The first-order valence-corrected chi connectivity index (χ1v) is 8.45. The third kappa shape index (κ3) is 4.17. The Bertz CT molecular complexity index is 539. The minimum absolute atomic E-state index is 0.888. The molecule has 114 valence electrons. The van der Waals surface area contributed by atoms with Crippen LogP contribution in [0.25, 0.3) is 0 Å². The second-order valence-electron chi connectivity index (χ2n) is 5.14. The van der Waals surface area contributed by atoms with Gasteiger partial charge in [0.15, 0.2) is 0 Å². The number of anilines is 2. The molecule has 2 aromatic heterocycles. The molecule has 1 N–H and O–H groups in total. The zero-order valence-corrected chi connectivity index (χ0v) is 13.9. The summed E-state index contributed by atoms with van der Waals surface area (Å²) in [6.07, 6.45) is 4.85. The van der Waals surface area contributed by atoms with Gasteiger partial charge >= 0.3 is 0 Å². The predicted molar refractivity (Wildman–Crippen MR) is 91.2 cm³/mol. The number of aromatic nitrogens is 2. The second-order valence-corrected chi connectivity index (χ2v) is 6.17. The van der Waals surface area contributed by atoms with Crippen LogP contribution in [0.15, 0.2) is 23.8 Å². The van der Waals surface area contributed by atoms with Gasteiger partial charge in [0.25, 0.3) is 0 Å². The minimum atomic E-state index is 0.888. The van der Waals surface area contributed by atoms with Gasteiger partial charge in [-0.1, -0.05) is 26.3 Å². The first-order chi connectivity index (χ1) is 10.3. The molecule has 0 aliphatic rings. The summed E-state index contributed by atoms with van der Waals surface area (Å²) in [7, 11) is 2.10. The van der Waals surface area contributed by atoms with Crippen LogP contribution in [0.5, 0.6) is 0 Å². The first-order valence-electron chi connectivity index (χ1n) is 7.57. The molecule has 0 unspecified atom stereocenters. The van der Waals surface area contributed by atoms with E-state index in [9.17, 15) is 0 Å². The fraction of sp³-hybridized carbons (Fsp3) is 0.500. The molecule has 0 spiro atoms. The summed E-state index contributed by atoms with van der Waals surface area (Å²) >= 11 is 1.78. The lowest BCUT2D eigenvalue weighted by Crippen LogP contribution is -2.20. The highest BCUT2D eigenvalue weighted by Crippen LogP contribution is 2.26. The Kier molecular flexibility index (Phi) is 5.99. The maximum Gasteiger partial charge on any atom is 0.137 e. The van der Waals surface area contributed by atoms with Gasteiger partial charge in [-0.3, -0.25) is 0 Å². The smallest absolute Gasteiger partial charge is 0.137 e. The number of nitrogens with one attached hydrogen (secondary N) is 1. The third-order valence-electron chi connectivity index (χ3n) is 3.30. The summed E-state index contributed by atoms with van der Waals surface area (Å²) in [6, 6.07) is 4.26. The van der Waals surface area contributed by atoms with Crippen molar-refractivity contribution in [2.45, 2.75) is 39.7 Å². The molecule has 0 aromatic carbocycles. The van der Waals surface area contributed by atoms with E-state index in [0.29, 0.717) is 0 Å². The molecule has 0 fully saturated rings. The average Bonchev–Trinajstić information content (AvgIpc) is 2.99. The summed E-state index contributed by atoms with van der Waals surface area (Å²) in [5.41, 5.74) is 1.23. The van der Waals surface area contributed by atoms with Gasteiger partial charge in [0.2, 0.25) is 0 Å². The van der Waals surface area contributed by atoms with Crippen LogP contribution in [0.2, 0.25) is 0 Å². The molecule has 0 aliphatic carbocycles. The first kappa shape index (κ1) is 15.8. The van der Waals surface area contributed by atoms with E-state index in [4.69, 9.17) is 0 Å². The van der Waals surface area contributed by atoms with E-state index in [1.54, 1.807) is 17.7 Å². The topological polar surface area (TPSA) is 41.1 Å². The summed E-state index contributed by atoms with van der Waals surface area (Å²) in [6.45, 7) is 6.19. The maximum absolute atomic E-state index is 4.53. The second kappa shape index (κ2) is 7.98. The molecule has 0 radical (unpaired) electrons. The van der Waals surface area contributed by atoms with E-state index in [0.717, 1.165) is 44.0 Å². The highest BCUT2D eigenvalue weighted by molar-refractivity contribution is 7.09. The quantitative estimate of drug-likeness (QED) is 0.802. The molecule has 0 amide bonds. The third-order valence-corrected chi connectivity index (χ3v) is 4.16. The zero-order valence-electron chi connectivity index (χ0n) is 13.1. The van der Waals surface area contributed by atoms with Crippen LogP contribution >= 0.6 is 11.3 Å². The molecule has 21 heavy (non-hydrogen) atoms. The van der Waals surface area contributed by atoms with Crippen LogP contribution in [-0.4, -0.2) is 23.6 Å². The number of hydrogen-bond acceptors (Lipinski definition) is 5. The van der Waals surface area contributed by atoms with Crippen molar-refractivity contribution in [3.05, 3.63) is 34.3 Å². The van der Waals surface area contributed by atoms with Gasteiger partial charge in [-0.2, -0.15) is 0 Å². The monoisotopic (exact) mass is 304 g/mol. The summed E-state index contributed by atoms with van der Waals surface area (Å²) in [5.74, 6) is 2.03. The fourth-order valence-electron chi connectivity index (χ4n) is 2.32. The summed E-state index contributed by atoms with van der Waals surface area (Å²) < 4.78 is 0. The molecule has 0 saturated heterocycles. The van der Waals surface area contributed by atoms with E-state index >= 15 is 0 Å². The molecule has 0 aliphatic heterocycles. The predicted octanol–water partition coefficient (Wildman–Crippen LogP) is 3.95. The fourth-order valence-corrected chi connectivity index (χ4v) is 3.08. The zero-order chi connectivity index (χ0) is 15.1. The van der Waals surface area contributed by atoms with Crippen LogP contribution in [0.4, 0.5) is 11.6 Å². The Balaban J connectivity index is 2.23. The molecule has 2 heterocycles.